The quantitative estimate of drug-likeness (QED) is 0.922. The molecule has 5 nitrogen and oxygen atoms in total. The summed E-state index contributed by atoms with van der Waals surface area (Å²) in [6.45, 7) is 8.71. The van der Waals surface area contributed by atoms with Crippen molar-refractivity contribution in [3.63, 3.8) is 0 Å². The monoisotopic (exact) mass is 312 g/mol. The van der Waals surface area contributed by atoms with Crippen LogP contribution in [0.4, 0.5) is 0 Å². The maximum atomic E-state index is 13.0. The molecule has 2 unspecified atom stereocenters. The molecule has 21 heavy (non-hydrogen) atoms. The Hall–Kier alpha value is -1.11. The first-order chi connectivity index (χ1) is 9.75. The van der Waals surface area contributed by atoms with Gasteiger partial charge in [-0.15, -0.1) is 0 Å². The van der Waals surface area contributed by atoms with Crippen LogP contribution in [0.25, 0.3) is 0 Å². The van der Waals surface area contributed by atoms with E-state index >= 15 is 0 Å². The maximum Gasteiger partial charge on any atom is 0.246 e. The third-order valence-electron chi connectivity index (χ3n) is 3.73. The second-order valence-corrected chi connectivity index (χ2v) is 7.81. The summed E-state index contributed by atoms with van der Waals surface area (Å²) in [6.07, 6.45) is 0. The molecule has 1 aliphatic heterocycles. The van der Waals surface area contributed by atoms with Crippen molar-refractivity contribution >= 4 is 10.0 Å². The van der Waals surface area contributed by atoms with E-state index in [2.05, 4.69) is 5.32 Å². The third kappa shape index (κ3) is 3.22. The number of nitrogens with zero attached hydrogens (tertiary/aromatic N) is 1. The zero-order valence-electron chi connectivity index (χ0n) is 13.3. The van der Waals surface area contributed by atoms with E-state index in [1.165, 1.54) is 7.11 Å². The molecule has 0 bridgehead atoms. The van der Waals surface area contributed by atoms with Crippen LogP contribution in [0.3, 0.4) is 0 Å². The van der Waals surface area contributed by atoms with Crippen molar-refractivity contribution in [2.75, 3.05) is 20.2 Å². The van der Waals surface area contributed by atoms with Gasteiger partial charge in [0.05, 0.1) is 7.11 Å². The second-order valence-electron chi connectivity index (χ2n) is 5.90. The summed E-state index contributed by atoms with van der Waals surface area (Å²) < 4.78 is 32.9. The number of ether oxygens (including phenoxy) is 1. The van der Waals surface area contributed by atoms with E-state index < -0.39 is 10.0 Å². The normalized spacial score (nSPS) is 24.0. The van der Waals surface area contributed by atoms with E-state index in [0.717, 1.165) is 11.1 Å². The van der Waals surface area contributed by atoms with E-state index in [4.69, 9.17) is 4.74 Å². The number of benzene rings is 1. The molecule has 6 heteroatoms. The fraction of sp³-hybridized carbons (Fsp3) is 0.600. The fourth-order valence-corrected chi connectivity index (χ4v) is 4.91. The van der Waals surface area contributed by atoms with Crippen molar-refractivity contribution < 1.29 is 13.2 Å². The highest BCUT2D eigenvalue weighted by molar-refractivity contribution is 7.89. The zero-order chi connectivity index (χ0) is 15.8. The van der Waals surface area contributed by atoms with Gasteiger partial charge in [-0.1, -0.05) is 6.07 Å². The molecule has 1 fully saturated rings. The molecule has 1 heterocycles. The smallest absolute Gasteiger partial charge is 0.246 e. The molecule has 0 radical (unpaired) electrons. The summed E-state index contributed by atoms with van der Waals surface area (Å²) in [4.78, 5) is 0.267. The molecule has 118 valence electrons. The highest BCUT2D eigenvalue weighted by atomic mass is 32.2. The predicted molar refractivity (Wildman–Crippen MR) is 83.3 cm³/mol. The number of piperazine rings is 1. The van der Waals surface area contributed by atoms with Crippen LogP contribution in [-0.4, -0.2) is 45.0 Å². The first kappa shape index (κ1) is 16.3. The summed E-state index contributed by atoms with van der Waals surface area (Å²) in [7, 11) is -2.03. The maximum absolute atomic E-state index is 13.0. The van der Waals surface area contributed by atoms with Crippen molar-refractivity contribution in [1.82, 2.24) is 9.62 Å². The molecule has 1 aromatic carbocycles. The molecule has 0 aromatic heterocycles. The highest BCUT2D eigenvalue weighted by Gasteiger charge is 2.33. The van der Waals surface area contributed by atoms with Gasteiger partial charge >= 0.3 is 0 Å². The lowest BCUT2D eigenvalue weighted by Gasteiger charge is -2.35. The van der Waals surface area contributed by atoms with Gasteiger partial charge < -0.3 is 10.1 Å². The van der Waals surface area contributed by atoms with Gasteiger partial charge in [-0.25, -0.2) is 8.42 Å². The first-order valence-electron chi connectivity index (χ1n) is 7.17. The van der Waals surface area contributed by atoms with Crippen molar-refractivity contribution in [1.29, 1.82) is 0 Å². The number of hydrogen-bond acceptors (Lipinski definition) is 4. The van der Waals surface area contributed by atoms with Gasteiger partial charge in [-0.3, -0.25) is 0 Å². The van der Waals surface area contributed by atoms with Crippen molar-refractivity contribution in [3.8, 4) is 5.75 Å². The summed E-state index contributed by atoms with van der Waals surface area (Å²) in [5, 5.41) is 3.35. The van der Waals surface area contributed by atoms with E-state index in [-0.39, 0.29) is 17.0 Å². The lowest BCUT2D eigenvalue weighted by molar-refractivity contribution is 0.262. The molecule has 0 aliphatic carbocycles. The number of hydrogen-bond donors (Lipinski definition) is 1. The van der Waals surface area contributed by atoms with E-state index in [1.54, 1.807) is 10.4 Å². The van der Waals surface area contributed by atoms with Crippen LogP contribution in [0.1, 0.15) is 25.0 Å². The van der Waals surface area contributed by atoms with Crippen molar-refractivity contribution in [3.05, 3.63) is 23.3 Å². The Bertz CT molecular complexity index is 618. The van der Waals surface area contributed by atoms with Gasteiger partial charge in [0.25, 0.3) is 0 Å². The minimum Gasteiger partial charge on any atom is -0.495 e. The van der Waals surface area contributed by atoms with Crippen LogP contribution >= 0.6 is 0 Å². The Balaban J connectivity index is 2.49. The molecule has 0 saturated carbocycles. The van der Waals surface area contributed by atoms with Gasteiger partial charge in [0.1, 0.15) is 10.6 Å². The van der Waals surface area contributed by atoms with Gasteiger partial charge in [0.15, 0.2) is 0 Å². The summed E-state index contributed by atoms with van der Waals surface area (Å²) in [6, 6.07) is 3.90. The predicted octanol–water partition coefficient (Wildman–Crippen LogP) is 1.68. The zero-order valence-corrected chi connectivity index (χ0v) is 14.1. The average molecular weight is 312 g/mol. The van der Waals surface area contributed by atoms with Crippen LogP contribution in [0.15, 0.2) is 17.0 Å². The minimum atomic E-state index is -3.55. The van der Waals surface area contributed by atoms with Crippen LogP contribution in [0, 0.1) is 13.8 Å². The first-order valence-corrected chi connectivity index (χ1v) is 8.61. The molecular weight excluding hydrogens is 288 g/mol. The Morgan fingerprint density at radius 2 is 1.76 bits per heavy atom. The van der Waals surface area contributed by atoms with Crippen LogP contribution in [-0.2, 0) is 10.0 Å². The molecule has 2 rings (SSSR count). The van der Waals surface area contributed by atoms with Crippen molar-refractivity contribution in [2.45, 2.75) is 44.7 Å². The SMILES string of the molecule is COc1c(C)cc(C)cc1S(=O)(=O)N1CC(C)NC(C)C1. The molecule has 1 aromatic rings. The molecular formula is C15H24N2O3S. The average Bonchev–Trinajstić information content (AvgIpc) is 2.36. The number of methoxy groups -OCH3 is 1. The molecule has 1 N–H and O–H groups in total. The van der Waals surface area contributed by atoms with E-state index in [0.29, 0.717) is 18.8 Å². The van der Waals surface area contributed by atoms with Crippen LogP contribution < -0.4 is 10.1 Å². The minimum absolute atomic E-state index is 0.139. The Kier molecular flexibility index (Phi) is 4.60. The summed E-state index contributed by atoms with van der Waals surface area (Å²) >= 11 is 0. The van der Waals surface area contributed by atoms with Gasteiger partial charge in [0.2, 0.25) is 10.0 Å². The molecule has 1 saturated heterocycles. The molecule has 2 atom stereocenters. The molecule has 0 spiro atoms. The third-order valence-corrected chi connectivity index (χ3v) is 5.57. The van der Waals surface area contributed by atoms with Gasteiger partial charge in [-0.2, -0.15) is 4.31 Å². The standard InChI is InChI=1S/C15H24N2O3S/c1-10-6-11(2)15(20-5)14(7-10)21(18,19)17-8-12(3)16-13(4)9-17/h6-7,12-13,16H,8-9H2,1-5H3. The lowest BCUT2D eigenvalue weighted by atomic mass is 10.1. The highest BCUT2D eigenvalue weighted by Crippen LogP contribution is 2.32. The lowest BCUT2D eigenvalue weighted by Crippen LogP contribution is -2.55. The topological polar surface area (TPSA) is 58.6 Å². The number of sulfonamides is 1. The summed E-state index contributed by atoms with van der Waals surface area (Å²) in [5.74, 6) is 0.444. The Labute approximate surface area is 127 Å². The van der Waals surface area contributed by atoms with E-state index in [1.807, 2.05) is 33.8 Å². The van der Waals surface area contributed by atoms with Crippen LogP contribution in [0.2, 0.25) is 0 Å². The number of nitrogens with one attached hydrogen (secondary N) is 1. The van der Waals surface area contributed by atoms with Crippen LogP contribution in [0.5, 0.6) is 5.75 Å². The van der Waals surface area contributed by atoms with Crippen molar-refractivity contribution in [2.24, 2.45) is 0 Å². The van der Waals surface area contributed by atoms with E-state index in [9.17, 15) is 8.42 Å². The number of aryl methyl sites for hydroxylation is 2. The second kappa shape index (κ2) is 5.94. The Morgan fingerprint density at radius 3 is 2.29 bits per heavy atom. The van der Waals surface area contributed by atoms with Gasteiger partial charge in [-0.05, 0) is 44.9 Å². The Morgan fingerprint density at radius 1 is 1.19 bits per heavy atom. The molecule has 0 amide bonds. The van der Waals surface area contributed by atoms with Gasteiger partial charge in [0, 0.05) is 25.2 Å². The fourth-order valence-electron chi connectivity index (χ4n) is 2.98. The molecule has 1 aliphatic rings. The largest absolute Gasteiger partial charge is 0.495 e. The number of rotatable bonds is 3. The summed E-state index contributed by atoms with van der Waals surface area (Å²) in [5.41, 5.74) is 1.76.